The molecule has 0 saturated heterocycles. The number of hydrogen-bond acceptors (Lipinski definition) is 2. The molecule has 0 radical (unpaired) electrons. The minimum Gasteiger partial charge on any atom is -0.461 e. The Hall–Kier alpha value is -1.28. The molecule has 0 spiro atoms. The van der Waals surface area contributed by atoms with Gasteiger partial charge in [-0.3, -0.25) is 0 Å². The van der Waals surface area contributed by atoms with E-state index in [9.17, 15) is 0 Å². The molecule has 0 amide bonds. The third-order valence-corrected chi connectivity index (χ3v) is 4.88. The lowest BCUT2D eigenvalue weighted by molar-refractivity contribution is 0.274. The zero-order valence-electron chi connectivity index (χ0n) is 13.3. The van der Waals surface area contributed by atoms with Crippen LogP contribution < -0.4 is 5.32 Å². The molecule has 1 aliphatic carbocycles. The van der Waals surface area contributed by atoms with E-state index in [-0.39, 0.29) is 0 Å². The number of nitrogens with one attached hydrogen (secondary N) is 1. The predicted molar refractivity (Wildman–Crippen MR) is 88.4 cm³/mol. The Morgan fingerprint density at radius 1 is 1.24 bits per heavy atom. The van der Waals surface area contributed by atoms with Gasteiger partial charge in [-0.15, -0.1) is 0 Å². The van der Waals surface area contributed by atoms with Gasteiger partial charge in [0.05, 0.1) is 0 Å². The van der Waals surface area contributed by atoms with Crippen molar-refractivity contribution in [1.29, 1.82) is 0 Å². The van der Waals surface area contributed by atoms with Gasteiger partial charge in [-0.25, -0.2) is 0 Å². The van der Waals surface area contributed by atoms with Crippen molar-refractivity contribution in [2.75, 3.05) is 6.54 Å². The highest BCUT2D eigenvalue weighted by Crippen LogP contribution is 2.29. The van der Waals surface area contributed by atoms with E-state index in [1.54, 1.807) is 0 Å². The molecule has 2 nitrogen and oxygen atoms in total. The van der Waals surface area contributed by atoms with Crippen LogP contribution in [0.15, 0.2) is 28.7 Å². The normalized spacial score (nSPS) is 22.8. The summed E-state index contributed by atoms with van der Waals surface area (Å²) < 4.78 is 5.97. The Morgan fingerprint density at radius 2 is 2.10 bits per heavy atom. The van der Waals surface area contributed by atoms with Crippen molar-refractivity contribution >= 4 is 11.0 Å². The van der Waals surface area contributed by atoms with Crippen LogP contribution in [0.5, 0.6) is 0 Å². The first-order chi connectivity index (χ1) is 10.3. The van der Waals surface area contributed by atoms with Gasteiger partial charge in [0.15, 0.2) is 0 Å². The Balaban J connectivity index is 1.64. The van der Waals surface area contributed by atoms with Crippen molar-refractivity contribution < 1.29 is 4.42 Å². The van der Waals surface area contributed by atoms with Crippen molar-refractivity contribution in [1.82, 2.24) is 5.32 Å². The Morgan fingerprint density at radius 3 is 2.90 bits per heavy atom. The highest BCUT2D eigenvalue weighted by atomic mass is 16.3. The van der Waals surface area contributed by atoms with Gasteiger partial charge in [-0.05, 0) is 37.3 Å². The number of rotatable bonds is 5. The van der Waals surface area contributed by atoms with Gasteiger partial charge in [0.25, 0.3) is 0 Å². The van der Waals surface area contributed by atoms with Gasteiger partial charge in [-0.2, -0.15) is 0 Å². The quantitative estimate of drug-likeness (QED) is 0.844. The third-order valence-electron chi connectivity index (χ3n) is 4.88. The number of para-hydroxylation sites is 1. The van der Waals surface area contributed by atoms with Crippen molar-refractivity contribution in [3.05, 3.63) is 35.6 Å². The maximum atomic E-state index is 5.97. The van der Waals surface area contributed by atoms with Gasteiger partial charge in [0, 0.05) is 23.9 Å². The second kappa shape index (κ2) is 6.65. The lowest BCUT2D eigenvalue weighted by Gasteiger charge is -2.26. The molecular weight excluding hydrogens is 258 g/mol. The van der Waals surface area contributed by atoms with E-state index < -0.39 is 0 Å². The van der Waals surface area contributed by atoms with Crippen LogP contribution in [0.3, 0.4) is 0 Å². The van der Waals surface area contributed by atoms with Gasteiger partial charge in [-0.1, -0.05) is 44.9 Å². The van der Waals surface area contributed by atoms with Gasteiger partial charge < -0.3 is 9.73 Å². The summed E-state index contributed by atoms with van der Waals surface area (Å²) in [7, 11) is 0. The monoisotopic (exact) mass is 285 g/mol. The molecule has 1 heterocycles. The zero-order chi connectivity index (χ0) is 14.7. The predicted octanol–water partition coefficient (Wildman–Crippen LogP) is 4.91. The van der Waals surface area contributed by atoms with E-state index >= 15 is 0 Å². The summed E-state index contributed by atoms with van der Waals surface area (Å²) in [5, 5.41) is 4.96. The van der Waals surface area contributed by atoms with Gasteiger partial charge in [0.2, 0.25) is 0 Å². The Kier molecular flexibility index (Phi) is 4.64. The van der Waals surface area contributed by atoms with Crippen LogP contribution in [0.2, 0.25) is 0 Å². The maximum absolute atomic E-state index is 5.97. The molecule has 2 aromatic rings. The van der Waals surface area contributed by atoms with E-state index in [2.05, 4.69) is 37.4 Å². The van der Waals surface area contributed by atoms with Crippen LogP contribution in [0, 0.1) is 11.8 Å². The number of benzene rings is 1. The van der Waals surface area contributed by atoms with Crippen LogP contribution in [-0.2, 0) is 13.0 Å². The van der Waals surface area contributed by atoms with E-state index in [0.717, 1.165) is 42.7 Å². The molecule has 1 aromatic heterocycles. The molecule has 21 heavy (non-hydrogen) atoms. The first-order valence-electron chi connectivity index (χ1n) is 8.48. The van der Waals surface area contributed by atoms with Crippen molar-refractivity contribution in [3.63, 3.8) is 0 Å². The first kappa shape index (κ1) is 14.6. The molecule has 0 bridgehead atoms. The molecule has 1 saturated carbocycles. The van der Waals surface area contributed by atoms with Crippen molar-refractivity contribution in [2.45, 2.75) is 52.5 Å². The molecule has 2 unspecified atom stereocenters. The number of aryl methyl sites for hydroxylation is 1. The van der Waals surface area contributed by atoms with Crippen molar-refractivity contribution in [2.24, 2.45) is 11.8 Å². The highest BCUT2D eigenvalue weighted by molar-refractivity contribution is 5.82. The molecule has 2 atom stereocenters. The fourth-order valence-corrected chi connectivity index (χ4v) is 3.78. The van der Waals surface area contributed by atoms with Gasteiger partial charge >= 0.3 is 0 Å². The molecule has 114 valence electrons. The molecule has 2 heteroatoms. The fourth-order valence-electron chi connectivity index (χ4n) is 3.78. The average Bonchev–Trinajstić information content (AvgIpc) is 2.86. The second-order valence-corrected chi connectivity index (χ2v) is 6.62. The summed E-state index contributed by atoms with van der Waals surface area (Å²) in [5.74, 6) is 2.91. The summed E-state index contributed by atoms with van der Waals surface area (Å²) in [5.41, 5.74) is 2.38. The molecular formula is C19H27NO. The topological polar surface area (TPSA) is 25.2 Å². The van der Waals surface area contributed by atoms with E-state index in [0.29, 0.717) is 0 Å². The van der Waals surface area contributed by atoms with Crippen LogP contribution in [0.25, 0.3) is 11.0 Å². The second-order valence-electron chi connectivity index (χ2n) is 6.62. The zero-order valence-corrected chi connectivity index (χ0v) is 13.3. The average molecular weight is 285 g/mol. The number of hydrogen-bond donors (Lipinski definition) is 1. The molecule has 1 fully saturated rings. The Labute approximate surface area is 127 Å². The van der Waals surface area contributed by atoms with Crippen LogP contribution in [-0.4, -0.2) is 6.54 Å². The lowest BCUT2D eigenvalue weighted by Crippen LogP contribution is -2.26. The van der Waals surface area contributed by atoms with Crippen LogP contribution >= 0.6 is 0 Å². The smallest absolute Gasteiger partial charge is 0.134 e. The SMILES string of the molecule is CCc1oc2ccccc2c1CNCC1CCCC(C)C1. The standard InChI is InChI=1S/C19H27NO/c1-3-18-17(16-9-4-5-10-19(16)21-18)13-20-12-15-8-6-7-14(2)11-15/h4-5,9-10,14-15,20H,3,6-8,11-13H2,1-2H3. The highest BCUT2D eigenvalue weighted by Gasteiger charge is 2.19. The Bertz CT molecular complexity index is 586. The van der Waals surface area contributed by atoms with E-state index in [1.807, 2.05) is 6.07 Å². The summed E-state index contributed by atoms with van der Waals surface area (Å²) in [4.78, 5) is 0. The largest absolute Gasteiger partial charge is 0.461 e. The summed E-state index contributed by atoms with van der Waals surface area (Å²) in [6.45, 7) is 6.65. The maximum Gasteiger partial charge on any atom is 0.134 e. The molecule has 1 aliphatic rings. The molecule has 1 N–H and O–H groups in total. The lowest BCUT2D eigenvalue weighted by atomic mass is 9.82. The van der Waals surface area contributed by atoms with E-state index in [1.165, 1.54) is 36.6 Å². The summed E-state index contributed by atoms with van der Waals surface area (Å²) in [6, 6.07) is 8.40. The van der Waals surface area contributed by atoms with E-state index in [4.69, 9.17) is 4.42 Å². The summed E-state index contributed by atoms with van der Waals surface area (Å²) in [6.07, 6.45) is 6.57. The van der Waals surface area contributed by atoms with Crippen LogP contribution in [0.1, 0.15) is 50.9 Å². The third kappa shape index (κ3) is 3.32. The molecule has 1 aromatic carbocycles. The minimum atomic E-state index is 0.858. The molecule has 0 aliphatic heterocycles. The fraction of sp³-hybridized carbons (Fsp3) is 0.579. The summed E-state index contributed by atoms with van der Waals surface area (Å²) >= 11 is 0. The van der Waals surface area contributed by atoms with Gasteiger partial charge in [0.1, 0.15) is 11.3 Å². The van der Waals surface area contributed by atoms with Crippen LogP contribution in [0.4, 0.5) is 0 Å². The minimum absolute atomic E-state index is 0.858. The number of furan rings is 1. The first-order valence-corrected chi connectivity index (χ1v) is 8.48. The number of fused-ring (bicyclic) bond motifs is 1. The molecule has 3 rings (SSSR count). The van der Waals surface area contributed by atoms with Crippen molar-refractivity contribution in [3.8, 4) is 0 Å².